The van der Waals surface area contributed by atoms with Gasteiger partial charge in [-0.1, -0.05) is 31.2 Å². The monoisotopic (exact) mass is 451 g/mol. The van der Waals surface area contributed by atoms with E-state index in [2.05, 4.69) is 6.92 Å². The van der Waals surface area contributed by atoms with E-state index < -0.39 is 17.7 Å². The van der Waals surface area contributed by atoms with E-state index in [0.717, 1.165) is 30.4 Å². The average Bonchev–Trinajstić information content (AvgIpc) is 3.45. The Hall–Kier alpha value is -3.32. The largest absolute Gasteiger partial charge is 0.507 e. The second kappa shape index (κ2) is 9.67. The highest BCUT2D eigenvalue weighted by Crippen LogP contribution is 2.41. The molecule has 0 aromatic heterocycles. The van der Waals surface area contributed by atoms with E-state index >= 15 is 0 Å². The van der Waals surface area contributed by atoms with Crippen LogP contribution in [0.3, 0.4) is 0 Å². The van der Waals surface area contributed by atoms with Gasteiger partial charge in [0.25, 0.3) is 11.7 Å². The molecule has 1 N–H and O–H groups in total. The highest BCUT2D eigenvalue weighted by atomic mass is 16.5. The Labute approximate surface area is 193 Å². The van der Waals surface area contributed by atoms with Gasteiger partial charge in [-0.15, -0.1) is 0 Å². The van der Waals surface area contributed by atoms with Gasteiger partial charge in [0, 0.05) is 18.7 Å². The van der Waals surface area contributed by atoms with Gasteiger partial charge >= 0.3 is 0 Å². The maximum atomic E-state index is 13.2. The highest BCUT2D eigenvalue weighted by Gasteiger charge is 2.47. The molecule has 0 saturated carbocycles. The predicted octanol–water partition coefficient (Wildman–Crippen LogP) is 3.87. The number of hydrogen-bond donors (Lipinski definition) is 1. The lowest BCUT2D eigenvalue weighted by Gasteiger charge is -2.27. The number of ether oxygens (including phenoxy) is 3. The van der Waals surface area contributed by atoms with E-state index in [1.54, 1.807) is 18.2 Å². The molecule has 0 radical (unpaired) electrons. The lowest BCUT2D eigenvalue weighted by atomic mass is 9.94. The summed E-state index contributed by atoms with van der Waals surface area (Å²) in [6, 6.07) is 12.0. The summed E-state index contributed by atoms with van der Waals surface area (Å²) in [4.78, 5) is 27.8. The summed E-state index contributed by atoms with van der Waals surface area (Å²) < 4.78 is 16.4. The number of aliphatic hydroxyl groups excluding tert-OH is 1. The molecule has 2 aliphatic heterocycles. The van der Waals surface area contributed by atoms with Gasteiger partial charge in [0.2, 0.25) is 0 Å². The van der Waals surface area contributed by atoms with Crippen LogP contribution >= 0.6 is 0 Å². The number of nitrogens with zero attached hydrogens (tertiary/aromatic N) is 1. The van der Waals surface area contributed by atoms with Crippen LogP contribution < -0.4 is 9.47 Å². The van der Waals surface area contributed by atoms with Gasteiger partial charge in [0.05, 0.1) is 31.9 Å². The van der Waals surface area contributed by atoms with E-state index in [9.17, 15) is 14.7 Å². The first-order valence-electron chi connectivity index (χ1n) is 11.2. The number of rotatable bonds is 7. The van der Waals surface area contributed by atoms with E-state index in [4.69, 9.17) is 14.2 Å². The molecule has 2 unspecified atom stereocenters. The number of methoxy groups -OCH3 is 2. The van der Waals surface area contributed by atoms with Crippen molar-refractivity contribution in [3.63, 3.8) is 0 Å². The van der Waals surface area contributed by atoms with Crippen LogP contribution in [0.1, 0.15) is 42.5 Å². The molecule has 0 spiro atoms. The summed E-state index contributed by atoms with van der Waals surface area (Å²) in [7, 11) is 3.02. The number of benzene rings is 2. The van der Waals surface area contributed by atoms with Gasteiger partial charge in [0.15, 0.2) is 11.5 Å². The SMILES string of the molecule is CCc1ccc(C2/C(=C(/O)c3ccc(OC)c(OC)c3)C(=O)C(=O)N2CC2CCCO2)cc1. The molecule has 1 amide bonds. The van der Waals surface area contributed by atoms with Gasteiger partial charge < -0.3 is 24.2 Å². The molecule has 2 fully saturated rings. The number of hydrogen-bond acceptors (Lipinski definition) is 6. The lowest BCUT2D eigenvalue weighted by Crippen LogP contribution is -2.36. The van der Waals surface area contributed by atoms with E-state index in [0.29, 0.717) is 30.2 Å². The first-order valence-corrected chi connectivity index (χ1v) is 11.2. The number of Topliss-reactive ketones (excluding diaryl/α,β-unsaturated/α-hetero) is 1. The quantitative estimate of drug-likeness (QED) is 0.391. The van der Waals surface area contributed by atoms with Crippen LogP contribution in [0.5, 0.6) is 11.5 Å². The van der Waals surface area contributed by atoms with Crippen LogP contribution in [0.4, 0.5) is 0 Å². The summed E-state index contributed by atoms with van der Waals surface area (Å²) in [5, 5.41) is 11.3. The summed E-state index contributed by atoms with van der Waals surface area (Å²) in [5.41, 5.74) is 2.36. The zero-order valence-corrected chi connectivity index (χ0v) is 19.2. The molecule has 2 aliphatic rings. The summed E-state index contributed by atoms with van der Waals surface area (Å²) in [5.74, 6) is -0.658. The molecular formula is C26H29NO6. The van der Waals surface area contributed by atoms with E-state index in [1.165, 1.54) is 19.1 Å². The third-order valence-corrected chi connectivity index (χ3v) is 6.32. The van der Waals surface area contributed by atoms with Crippen LogP contribution in [0, 0.1) is 0 Å². The molecule has 2 aromatic carbocycles. The molecule has 0 bridgehead atoms. The summed E-state index contributed by atoms with van der Waals surface area (Å²) in [6.45, 7) is 3.01. The van der Waals surface area contributed by atoms with Crippen molar-refractivity contribution in [2.75, 3.05) is 27.4 Å². The summed E-state index contributed by atoms with van der Waals surface area (Å²) >= 11 is 0. The molecular weight excluding hydrogens is 422 g/mol. The molecule has 2 aromatic rings. The Morgan fingerprint density at radius 2 is 1.82 bits per heavy atom. The molecule has 2 saturated heterocycles. The van der Waals surface area contributed by atoms with Crippen molar-refractivity contribution in [3.8, 4) is 11.5 Å². The molecule has 7 nitrogen and oxygen atoms in total. The number of aliphatic hydroxyl groups is 1. The topological polar surface area (TPSA) is 85.3 Å². The standard InChI is InChI=1S/C26H29NO6/c1-4-16-7-9-17(10-8-16)23-22(24(28)18-11-12-20(31-2)21(14-18)32-3)25(29)26(30)27(23)15-19-6-5-13-33-19/h7-12,14,19,23,28H,4-6,13,15H2,1-3H3/b24-22-. The zero-order chi connectivity index (χ0) is 23.5. The Morgan fingerprint density at radius 1 is 1.09 bits per heavy atom. The van der Waals surface area contributed by atoms with Crippen LogP contribution in [-0.4, -0.2) is 55.2 Å². The Bertz CT molecular complexity index is 1070. The van der Waals surface area contributed by atoms with Gasteiger partial charge in [-0.3, -0.25) is 9.59 Å². The van der Waals surface area contributed by atoms with Crippen LogP contribution in [0.15, 0.2) is 48.0 Å². The minimum absolute atomic E-state index is 0.0643. The number of amides is 1. The molecule has 174 valence electrons. The van der Waals surface area contributed by atoms with Crippen molar-refractivity contribution < 1.29 is 28.9 Å². The minimum atomic E-state index is -0.704. The van der Waals surface area contributed by atoms with Crippen molar-refractivity contribution in [2.24, 2.45) is 0 Å². The number of carbonyl (C=O) groups is 2. The molecule has 2 atom stereocenters. The maximum Gasteiger partial charge on any atom is 0.295 e. The maximum absolute atomic E-state index is 13.2. The van der Waals surface area contributed by atoms with Crippen molar-refractivity contribution in [1.82, 2.24) is 4.90 Å². The van der Waals surface area contributed by atoms with Crippen LogP contribution in [0.2, 0.25) is 0 Å². The Balaban J connectivity index is 1.82. The fourth-order valence-corrected chi connectivity index (χ4v) is 4.50. The van der Waals surface area contributed by atoms with Gasteiger partial charge in [-0.25, -0.2) is 0 Å². The van der Waals surface area contributed by atoms with Crippen molar-refractivity contribution in [1.29, 1.82) is 0 Å². The fraction of sp³-hybridized carbons (Fsp3) is 0.385. The molecule has 7 heteroatoms. The smallest absolute Gasteiger partial charge is 0.295 e. The van der Waals surface area contributed by atoms with Gasteiger partial charge in [-0.2, -0.15) is 0 Å². The second-order valence-electron chi connectivity index (χ2n) is 8.25. The summed E-state index contributed by atoms with van der Waals surface area (Å²) in [6.07, 6.45) is 2.51. The number of carbonyl (C=O) groups excluding carboxylic acids is 2. The Morgan fingerprint density at radius 3 is 2.42 bits per heavy atom. The lowest BCUT2D eigenvalue weighted by molar-refractivity contribution is -0.140. The predicted molar refractivity (Wildman–Crippen MR) is 123 cm³/mol. The van der Waals surface area contributed by atoms with Crippen LogP contribution in [0.25, 0.3) is 5.76 Å². The van der Waals surface area contributed by atoms with Crippen molar-refractivity contribution >= 4 is 17.4 Å². The van der Waals surface area contributed by atoms with Crippen molar-refractivity contribution in [2.45, 2.75) is 38.3 Å². The molecule has 33 heavy (non-hydrogen) atoms. The molecule has 2 heterocycles. The van der Waals surface area contributed by atoms with Crippen LogP contribution in [-0.2, 0) is 20.7 Å². The van der Waals surface area contributed by atoms with E-state index in [-0.39, 0.29) is 17.4 Å². The molecule has 0 aliphatic carbocycles. The highest BCUT2D eigenvalue weighted by molar-refractivity contribution is 6.46. The average molecular weight is 452 g/mol. The number of ketones is 1. The normalized spacial score (nSPS) is 22.1. The third kappa shape index (κ3) is 4.33. The zero-order valence-electron chi connectivity index (χ0n) is 19.2. The fourth-order valence-electron chi connectivity index (χ4n) is 4.50. The third-order valence-electron chi connectivity index (χ3n) is 6.32. The Kier molecular flexibility index (Phi) is 6.70. The van der Waals surface area contributed by atoms with Crippen molar-refractivity contribution in [3.05, 3.63) is 64.7 Å². The van der Waals surface area contributed by atoms with Gasteiger partial charge in [-0.05, 0) is 48.6 Å². The number of likely N-dealkylation sites (tertiary alicyclic amines) is 1. The van der Waals surface area contributed by atoms with Gasteiger partial charge in [0.1, 0.15) is 5.76 Å². The first kappa shape index (κ1) is 22.9. The second-order valence-corrected chi connectivity index (χ2v) is 8.25. The minimum Gasteiger partial charge on any atom is -0.507 e. The molecule has 4 rings (SSSR count). The number of aryl methyl sites for hydroxylation is 1. The van der Waals surface area contributed by atoms with E-state index in [1.807, 2.05) is 24.3 Å². The first-order chi connectivity index (χ1) is 16.0.